The minimum Gasteiger partial charge on any atom is -0.469 e. The molecule has 1 aromatic rings. The minimum atomic E-state index is -0.150. The Labute approximate surface area is 84.1 Å². The van der Waals surface area contributed by atoms with Gasteiger partial charge in [-0.1, -0.05) is 0 Å². The van der Waals surface area contributed by atoms with E-state index < -0.39 is 0 Å². The van der Waals surface area contributed by atoms with Crippen LogP contribution in [0.4, 0.5) is 0 Å². The Bertz CT molecular complexity index is 312. The largest absolute Gasteiger partial charge is 0.469 e. The number of hydrogen-bond acceptors (Lipinski definition) is 3. The predicted octanol–water partition coefficient (Wildman–Crippen LogP) is 2.39. The zero-order valence-corrected chi connectivity index (χ0v) is 8.92. The van der Waals surface area contributed by atoms with Gasteiger partial charge in [0.25, 0.3) is 0 Å². The van der Waals surface area contributed by atoms with Crippen LogP contribution in [0.2, 0.25) is 0 Å². The van der Waals surface area contributed by atoms with Crippen LogP contribution < -0.4 is 0 Å². The molecule has 0 radical (unpaired) electrons. The summed E-state index contributed by atoms with van der Waals surface area (Å²) in [4.78, 5) is 10.8. The maximum absolute atomic E-state index is 10.8. The summed E-state index contributed by atoms with van der Waals surface area (Å²) in [7, 11) is 1.41. The van der Waals surface area contributed by atoms with Gasteiger partial charge in [0.1, 0.15) is 11.5 Å². The molecule has 0 unspecified atom stereocenters. The molecule has 0 saturated heterocycles. The smallest absolute Gasteiger partial charge is 0.305 e. The van der Waals surface area contributed by atoms with E-state index in [0.717, 1.165) is 24.4 Å². The van der Waals surface area contributed by atoms with Gasteiger partial charge in [-0.05, 0) is 38.3 Å². The molecule has 1 heterocycles. The Morgan fingerprint density at radius 1 is 1.50 bits per heavy atom. The van der Waals surface area contributed by atoms with E-state index in [4.69, 9.17) is 4.42 Å². The number of rotatable bonds is 4. The van der Waals surface area contributed by atoms with Crippen LogP contribution in [-0.4, -0.2) is 13.1 Å². The molecule has 1 rings (SSSR count). The molecule has 3 heteroatoms. The molecule has 0 aromatic carbocycles. The Kier molecular flexibility index (Phi) is 3.74. The van der Waals surface area contributed by atoms with Crippen molar-refractivity contribution in [2.45, 2.75) is 33.1 Å². The van der Waals surface area contributed by atoms with Gasteiger partial charge in [0.05, 0.1) is 7.11 Å². The van der Waals surface area contributed by atoms with Crippen LogP contribution in [0.25, 0.3) is 0 Å². The minimum absolute atomic E-state index is 0.150. The molecular weight excluding hydrogens is 180 g/mol. The van der Waals surface area contributed by atoms with E-state index in [0.29, 0.717) is 6.42 Å². The van der Waals surface area contributed by atoms with Gasteiger partial charge in [0.2, 0.25) is 0 Å². The maximum Gasteiger partial charge on any atom is 0.305 e. The van der Waals surface area contributed by atoms with Crippen molar-refractivity contribution in [1.29, 1.82) is 0 Å². The summed E-state index contributed by atoms with van der Waals surface area (Å²) < 4.78 is 9.94. The zero-order chi connectivity index (χ0) is 10.6. The fourth-order valence-corrected chi connectivity index (χ4v) is 1.46. The van der Waals surface area contributed by atoms with Crippen molar-refractivity contribution in [1.82, 2.24) is 0 Å². The first-order chi connectivity index (χ1) is 6.63. The number of methoxy groups -OCH3 is 1. The average Bonchev–Trinajstić information content (AvgIpc) is 2.45. The highest BCUT2D eigenvalue weighted by atomic mass is 16.5. The summed E-state index contributed by atoms with van der Waals surface area (Å²) in [5.74, 6) is 1.73. The average molecular weight is 196 g/mol. The van der Waals surface area contributed by atoms with Gasteiger partial charge in [-0.3, -0.25) is 4.79 Å². The van der Waals surface area contributed by atoms with E-state index >= 15 is 0 Å². The van der Waals surface area contributed by atoms with Gasteiger partial charge in [0.15, 0.2) is 0 Å². The van der Waals surface area contributed by atoms with Crippen LogP contribution in [0.3, 0.4) is 0 Å². The van der Waals surface area contributed by atoms with Crippen LogP contribution in [-0.2, 0) is 16.0 Å². The molecule has 0 fully saturated rings. The van der Waals surface area contributed by atoms with Gasteiger partial charge >= 0.3 is 5.97 Å². The number of aryl methyl sites for hydroxylation is 3. The summed E-state index contributed by atoms with van der Waals surface area (Å²) in [5.41, 5.74) is 1.19. The lowest BCUT2D eigenvalue weighted by Crippen LogP contribution is -2.00. The Morgan fingerprint density at radius 2 is 2.21 bits per heavy atom. The van der Waals surface area contributed by atoms with Crippen molar-refractivity contribution in [2.24, 2.45) is 0 Å². The summed E-state index contributed by atoms with van der Waals surface area (Å²) in [6.45, 7) is 3.87. The third kappa shape index (κ3) is 2.91. The molecule has 0 spiro atoms. The van der Waals surface area contributed by atoms with E-state index in [1.165, 1.54) is 12.7 Å². The number of furan rings is 1. The Morgan fingerprint density at radius 3 is 2.71 bits per heavy atom. The van der Waals surface area contributed by atoms with Crippen LogP contribution in [0, 0.1) is 13.8 Å². The maximum atomic E-state index is 10.8. The second-order valence-electron chi connectivity index (χ2n) is 3.37. The molecule has 0 amide bonds. The Hall–Kier alpha value is -1.25. The van der Waals surface area contributed by atoms with Crippen LogP contribution in [0.5, 0.6) is 0 Å². The third-order valence-electron chi connectivity index (χ3n) is 2.20. The normalized spacial score (nSPS) is 10.2. The highest BCUT2D eigenvalue weighted by Gasteiger charge is 2.06. The summed E-state index contributed by atoms with van der Waals surface area (Å²) in [5, 5.41) is 0. The standard InChI is InChI=1S/C11H16O3/c1-8-7-10(9(2)14-8)5-4-6-11(12)13-3/h7H,4-6H2,1-3H3. The lowest BCUT2D eigenvalue weighted by atomic mass is 10.1. The highest BCUT2D eigenvalue weighted by Crippen LogP contribution is 2.16. The van der Waals surface area contributed by atoms with E-state index in [1.807, 2.05) is 19.9 Å². The van der Waals surface area contributed by atoms with Gasteiger partial charge in [-0.2, -0.15) is 0 Å². The summed E-state index contributed by atoms with van der Waals surface area (Å²) >= 11 is 0. The van der Waals surface area contributed by atoms with E-state index in [-0.39, 0.29) is 5.97 Å². The number of carbonyl (C=O) groups is 1. The number of ether oxygens (including phenoxy) is 1. The van der Waals surface area contributed by atoms with Crippen molar-refractivity contribution in [3.63, 3.8) is 0 Å². The fraction of sp³-hybridized carbons (Fsp3) is 0.545. The molecule has 0 atom stereocenters. The third-order valence-corrected chi connectivity index (χ3v) is 2.20. The molecule has 0 aliphatic heterocycles. The molecular formula is C11H16O3. The molecule has 3 nitrogen and oxygen atoms in total. The highest BCUT2D eigenvalue weighted by molar-refractivity contribution is 5.69. The predicted molar refractivity (Wildman–Crippen MR) is 53.1 cm³/mol. The van der Waals surface area contributed by atoms with E-state index in [9.17, 15) is 4.79 Å². The lowest BCUT2D eigenvalue weighted by Gasteiger charge is -1.98. The van der Waals surface area contributed by atoms with Gasteiger partial charge < -0.3 is 9.15 Å². The topological polar surface area (TPSA) is 39.4 Å². The number of carbonyl (C=O) groups excluding carboxylic acids is 1. The van der Waals surface area contributed by atoms with Crippen LogP contribution in [0.15, 0.2) is 10.5 Å². The fourth-order valence-electron chi connectivity index (χ4n) is 1.46. The van der Waals surface area contributed by atoms with E-state index in [2.05, 4.69) is 4.74 Å². The SMILES string of the molecule is COC(=O)CCCc1cc(C)oc1C. The van der Waals surface area contributed by atoms with Crippen molar-refractivity contribution < 1.29 is 13.9 Å². The van der Waals surface area contributed by atoms with Crippen LogP contribution >= 0.6 is 0 Å². The van der Waals surface area contributed by atoms with Gasteiger partial charge in [-0.15, -0.1) is 0 Å². The molecule has 0 saturated carbocycles. The molecule has 0 N–H and O–H groups in total. The first kappa shape index (κ1) is 10.8. The molecule has 0 aliphatic carbocycles. The molecule has 78 valence electrons. The summed E-state index contributed by atoms with van der Waals surface area (Å²) in [6.07, 6.45) is 2.16. The molecule has 14 heavy (non-hydrogen) atoms. The zero-order valence-electron chi connectivity index (χ0n) is 8.92. The van der Waals surface area contributed by atoms with Crippen LogP contribution in [0.1, 0.15) is 29.9 Å². The molecule has 0 aliphatic rings. The quantitative estimate of drug-likeness (QED) is 0.694. The van der Waals surface area contributed by atoms with E-state index in [1.54, 1.807) is 0 Å². The van der Waals surface area contributed by atoms with Crippen molar-refractivity contribution in [3.8, 4) is 0 Å². The first-order valence-corrected chi connectivity index (χ1v) is 4.76. The monoisotopic (exact) mass is 196 g/mol. The lowest BCUT2D eigenvalue weighted by molar-refractivity contribution is -0.140. The van der Waals surface area contributed by atoms with Gasteiger partial charge in [-0.25, -0.2) is 0 Å². The number of esters is 1. The molecule has 0 bridgehead atoms. The van der Waals surface area contributed by atoms with Crippen molar-refractivity contribution in [3.05, 3.63) is 23.2 Å². The molecule has 1 aromatic heterocycles. The second kappa shape index (κ2) is 4.84. The van der Waals surface area contributed by atoms with Crippen molar-refractivity contribution >= 4 is 5.97 Å². The Balaban J connectivity index is 2.38. The van der Waals surface area contributed by atoms with Gasteiger partial charge in [0, 0.05) is 6.42 Å². The first-order valence-electron chi connectivity index (χ1n) is 4.76. The van der Waals surface area contributed by atoms with Crippen molar-refractivity contribution in [2.75, 3.05) is 7.11 Å². The summed E-state index contributed by atoms with van der Waals surface area (Å²) in [6, 6.07) is 2.02. The second-order valence-corrected chi connectivity index (χ2v) is 3.37. The number of hydrogen-bond donors (Lipinski definition) is 0.